The van der Waals surface area contributed by atoms with Gasteiger partial charge in [-0.05, 0) is 36.4 Å². The van der Waals surface area contributed by atoms with Crippen LogP contribution in [-0.2, 0) is 6.42 Å². The summed E-state index contributed by atoms with van der Waals surface area (Å²) < 4.78 is 0. The minimum absolute atomic E-state index is 1.05. The Bertz CT molecular complexity index is 909. The van der Waals surface area contributed by atoms with Gasteiger partial charge >= 0.3 is 0 Å². The summed E-state index contributed by atoms with van der Waals surface area (Å²) >= 11 is 0. The molecule has 0 saturated carbocycles. The molecule has 2 aromatic carbocycles. The van der Waals surface area contributed by atoms with E-state index in [4.69, 9.17) is 4.98 Å². The highest BCUT2D eigenvalue weighted by Crippen LogP contribution is 2.31. The van der Waals surface area contributed by atoms with E-state index in [-0.39, 0.29) is 0 Å². The van der Waals surface area contributed by atoms with Crippen molar-refractivity contribution in [1.29, 1.82) is 0 Å². The molecule has 0 aliphatic carbocycles. The van der Waals surface area contributed by atoms with Gasteiger partial charge in [-0.1, -0.05) is 68.8 Å². The summed E-state index contributed by atoms with van der Waals surface area (Å²) in [6.45, 7) is 9.94. The summed E-state index contributed by atoms with van der Waals surface area (Å²) in [5.74, 6) is 1.14. The van der Waals surface area contributed by atoms with Crippen molar-refractivity contribution < 1.29 is 0 Å². The van der Waals surface area contributed by atoms with E-state index in [1.54, 1.807) is 0 Å². The highest BCUT2D eigenvalue weighted by Gasteiger charge is 2.19. The average Bonchev–Trinajstić information content (AvgIpc) is 2.77. The zero-order valence-electron chi connectivity index (χ0n) is 17.2. The number of anilines is 1. The van der Waals surface area contributed by atoms with Crippen LogP contribution in [0.3, 0.4) is 0 Å². The third-order valence-corrected chi connectivity index (χ3v) is 5.91. The Morgan fingerprint density at radius 2 is 1.64 bits per heavy atom. The van der Waals surface area contributed by atoms with Crippen molar-refractivity contribution in [3.63, 3.8) is 0 Å². The van der Waals surface area contributed by atoms with Gasteiger partial charge in [0, 0.05) is 37.1 Å². The van der Waals surface area contributed by atoms with Gasteiger partial charge < -0.3 is 9.80 Å². The van der Waals surface area contributed by atoms with Gasteiger partial charge in [-0.3, -0.25) is 0 Å². The molecular weight excluding hydrogens is 342 g/mol. The summed E-state index contributed by atoms with van der Waals surface area (Å²) in [4.78, 5) is 10.1. The smallest absolute Gasteiger partial charge is 0.137 e. The van der Waals surface area contributed by atoms with Crippen molar-refractivity contribution in [1.82, 2.24) is 9.88 Å². The number of hydrogen-bond donors (Lipinski definition) is 0. The number of likely N-dealkylation sites (N-methyl/N-ethyl adjacent to an activating group) is 1. The van der Waals surface area contributed by atoms with Crippen LogP contribution >= 0.6 is 0 Å². The van der Waals surface area contributed by atoms with Gasteiger partial charge in [-0.25, -0.2) is 4.98 Å². The molecule has 0 radical (unpaired) electrons. The first-order valence-corrected chi connectivity index (χ1v) is 10.7. The second-order valence-electron chi connectivity index (χ2n) is 7.77. The predicted octanol–water partition coefficient (Wildman–Crippen LogP) is 5.39. The van der Waals surface area contributed by atoms with Crippen LogP contribution in [-0.4, -0.2) is 42.6 Å². The summed E-state index contributed by atoms with van der Waals surface area (Å²) in [7, 11) is 0. The second kappa shape index (κ2) is 8.74. The monoisotopic (exact) mass is 373 g/mol. The Balaban J connectivity index is 1.68. The fourth-order valence-electron chi connectivity index (χ4n) is 4.07. The molecule has 1 aromatic heterocycles. The highest BCUT2D eigenvalue weighted by molar-refractivity contribution is 5.95. The van der Waals surface area contributed by atoms with E-state index in [1.165, 1.54) is 34.7 Å². The number of unbranched alkanes of at least 4 members (excludes halogenated alkanes) is 1. The van der Waals surface area contributed by atoms with E-state index in [2.05, 4.69) is 78.2 Å². The van der Waals surface area contributed by atoms with Crippen LogP contribution in [0, 0.1) is 0 Å². The molecule has 0 atom stereocenters. The van der Waals surface area contributed by atoms with Crippen molar-refractivity contribution in [2.24, 2.45) is 0 Å². The van der Waals surface area contributed by atoms with Crippen LogP contribution in [0.25, 0.3) is 22.0 Å². The van der Waals surface area contributed by atoms with Gasteiger partial charge in [0.25, 0.3) is 0 Å². The molecule has 1 saturated heterocycles. The number of pyridine rings is 1. The van der Waals surface area contributed by atoms with Gasteiger partial charge in [0.05, 0.1) is 5.69 Å². The number of piperazine rings is 1. The fraction of sp³-hybridized carbons (Fsp3) is 0.400. The first kappa shape index (κ1) is 18.9. The molecule has 28 heavy (non-hydrogen) atoms. The zero-order chi connectivity index (χ0) is 19.3. The Kier molecular flexibility index (Phi) is 5.92. The van der Waals surface area contributed by atoms with Crippen LogP contribution in [0.4, 0.5) is 5.82 Å². The van der Waals surface area contributed by atoms with Crippen LogP contribution in [0.15, 0.2) is 54.6 Å². The Morgan fingerprint density at radius 1 is 0.893 bits per heavy atom. The van der Waals surface area contributed by atoms with Crippen LogP contribution in [0.5, 0.6) is 0 Å². The molecule has 1 aliphatic rings. The molecule has 1 fully saturated rings. The van der Waals surface area contributed by atoms with Crippen molar-refractivity contribution >= 4 is 16.6 Å². The van der Waals surface area contributed by atoms with Gasteiger partial charge in [-0.15, -0.1) is 0 Å². The third-order valence-electron chi connectivity index (χ3n) is 5.91. The number of aryl methyl sites for hydroxylation is 1. The molecule has 2 heterocycles. The zero-order valence-corrected chi connectivity index (χ0v) is 17.2. The van der Waals surface area contributed by atoms with Crippen molar-refractivity contribution in [3.8, 4) is 11.3 Å². The van der Waals surface area contributed by atoms with Crippen LogP contribution < -0.4 is 4.90 Å². The number of fused-ring (bicyclic) bond motifs is 1. The van der Waals surface area contributed by atoms with E-state index in [0.29, 0.717) is 0 Å². The van der Waals surface area contributed by atoms with Gasteiger partial charge in [0.1, 0.15) is 5.82 Å². The molecule has 1 aliphatic heterocycles. The predicted molar refractivity (Wildman–Crippen MR) is 120 cm³/mol. The molecule has 3 nitrogen and oxygen atoms in total. The first-order valence-electron chi connectivity index (χ1n) is 10.7. The SMILES string of the molecule is CCCCc1ccc(-c2cc3ccccc3c(N3CCN(CC)CC3)n2)cc1. The molecule has 0 unspecified atom stereocenters. The lowest BCUT2D eigenvalue weighted by Gasteiger charge is -2.35. The van der Waals surface area contributed by atoms with Crippen LogP contribution in [0.1, 0.15) is 32.3 Å². The molecule has 0 bridgehead atoms. The number of benzene rings is 2. The quantitative estimate of drug-likeness (QED) is 0.578. The third kappa shape index (κ3) is 4.05. The largest absolute Gasteiger partial charge is 0.354 e. The number of hydrogen-bond acceptors (Lipinski definition) is 3. The van der Waals surface area contributed by atoms with Crippen molar-refractivity contribution in [2.45, 2.75) is 33.1 Å². The maximum absolute atomic E-state index is 5.14. The molecule has 0 amide bonds. The van der Waals surface area contributed by atoms with Crippen molar-refractivity contribution in [3.05, 3.63) is 60.2 Å². The summed E-state index contributed by atoms with van der Waals surface area (Å²) in [6.07, 6.45) is 3.65. The Hall–Kier alpha value is -2.39. The summed E-state index contributed by atoms with van der Waals surface area (Å²) in [6, 6.07) is 19.9. The fourth-order valence-corrected chi connectivity index (χ4v) is 4.07. The molecule has 0 spiro atoms. The minimum Gasteiger partial charge on any atom is -0.354 e. The lowest BCUT2D eigenvalue weighted by atomic mass is 10.0. The van der Waals surface area contributed by atoms with E-state index >= 15 is 0 Å². The second-order valence-corrected chi connectivity index (χ2v) is 7.77. The van der Waals surface area contributed by atoms with Gasteiger partial charge in [0.2, 0.25) is 0 Å². The van der Waals surface area contributed by atoms with Gasteiger partial charge in [-0.2, -0.15) is 0 Å². The Morgan fingerprint density at radius 3 is 2.36 bits per heavy atom. The van der Waals surface area contributed by atoms with Gasteiger partial charge in [0.15, 0.2) is 0 Å². The lowest BCUT2D eigenvalue weighted by Crippen LogP contribution is -2.46. The summed E-state index contributed by atoms with van der Waals surface area (Å²) in [5, 5.41) is 2.53. The number of aromatic nitrogens is 1. The van der Waals surface area contributed by atoms with E-state index in [9.17, 15) is 0 Å². The normalized spacial score (nSPS) is 15.3. The topological polar surface area (TPSA) is 19.4 Å². The number of rotatable bonds is 6. The average molecular weight is 374 g/mol. The highest BCUT2D eigenvalue weighted by atomic mass is 15.3. The van der Waals surface area contributed by atoms with Crippen LogP contribution in [0.2, 0.25) is 0 Å². The maximum Gasteiger partial charge on any atom is 0.137 e. The molecule has 3 aromatic rings. The summed E-state index contributed by atoms with van der Waals surface area (Å²) in [5.41, 5.74) is 3.70. The molecule has 3 heteroatoms. The maximum atomic E-state index is 5.14. The minimum atomic E-state index is 1.05. The van der Waals surface area contributed by atoms with E-state index < -0.39 is 0 Å². The molecular formula is C25H31N3. The van der Waals surface area contributed by atoms with Crippen molar-refractivity contribution in [2.75, 3.05) is 37.6 Å². The van der Waals surface area contributed by atoms with E-state index in [1.807, 2.05) is 0 Å². The van der Waals surface area contributed by atoms with E-state index in [0.717, 1.165) is 50.7 Å². The number of nitrogens with zero attached hydrogens (tertiary/aromatic N) is 3. The first-order chi connectivity index (χ1) is 13.8. The Labute approximate surface area is 169 Å². The molecule has 0 N–H and O–H groups in total. The molecule has 146 valence electrons. The lowest BCUT2D eigenvalue weighted by molar-refractivity contribution is 0.271. The molecule has 4 rings (SSSR count). The standard InChI is InChI=1S/C25H31N3/c1-3-5-8-20-11-13-21(14-12-20)24-19-22-9-6-7-10-23(22)25(26-24)28-17-15-27(4-2)16-18-28/h6-7,9-14,19H,3-5,8,15-18H2,1-2H3.